The first-order valence-electron chi connectivity index (χ1n) is 4.46. The van der Waals surface area contributed by atoms with Crippen LogP contribution in [0.5, 0.6) is 0 Å². The highest BCUT2D eigenvalue weighted by atomic mass is 127. The molecule has 0 aliphatic rings. The zero-order chi connectivity index (χ0) is 13.2. The normalized spacial score (nSPS) is 11.4. The lowest BCUT2D eigenvalue weighted by atomic mass is 10.1. The van der Waals surface area contributed by atoms with Crippen molar-refractivity contribution in [2.45, 2.75) is 6.18 Å². The maximum Gasteiger partial charge on any atom is 0.417 e. The maximum atomic E-state index is 12.5. The fraction of sp³-hybridized carbons (Fsp3) is 0.300. The van der Waals surface area contributed by atoms with Crippen molar-refractivity contribution in [3.05, 3.63) is 32.9 Å². The summed E-state index contributed by atoms with van der Waals surface area (Å²) in [6, 6.07) is 3.20. The lowest BCUT2D eigenvalue weighted by molar-refractivity contribution is -0.138. The van der Waals surface area contributed by atoms with Crippen LogP contribution in [0.25, 0.3) is 0 Å². The van der Waals surface area contributed by atoms with E-state index in [1.54, 1.807) is 22.6 Å². The van der Waals surface area contributed by atoms with Gasteiger partial charge in [-0.3, -0.25) is 9.63 Å². The molecular formula is C10H9F3INO2. The SMILES string of the molecule is CON(C)C(=O)c1ccc(C(F)(F)F)c(I)c1. The second-order valence-corrected chi connectivity index (χ2v) is 4.34. The average molecular weight is 359 g/mol. The third-order valence-corrected chi connectivity index (χ3v) is 2.97. The van der Waals surface area contributed by atoms with Crippen molar-refractivity contribution in [2.24, 2.45) is 0 Å². The number of hydrogen-bond donors (Lipinski definition) is 0. The van der Waals surface area contributed by atoms with Crippen molar-refractivity contribution >= 4 is 28.5 Å². The van der Waals surface area contributed by atoms with Gasteiger partial charge in [0.2, 0.25) is 0 Å². The second kappa shape index (κ2) is 5.21. The Hall–Kier alpha value is -0.830. The highest BCUT2D eigenvalue weighted by molar-refractivity contribution is 14.1. The maximum absolute atomic E-state index is 12.5. The van der Waals surface area contributed by atoms with E-state index in [2.05, 4.69) is 4.84 Å². The Kier molecular flexibility index (Phi) is 4.36. The Morgan fingerprint density at radius 1 is 1.41 bits per heavy atom. The molecule has 1 amide bonds. The number of amides is 1. The predicted octanol–water partition coefficient (Wildman–Crippen LogP) is 2.94. The number of halogens is 4. The molecule has 1 aromatic rings. The van der Waals surface area contributed by atoms with Crippen LogP contribution in [0.1, 0.15) is 15.9 Å². The molecule has 1 aromatic carbocycles. The molecule has 94 valence electrons. The van der Waals surface area contributed by atoms with Crippen molar-refractivity contribution in [3.8, 4) is 0 Å². The van der Waals surface area contributed by atoms with E-state index < -0.39 is 17.6 Å². The lowest BCUT2D eigenvalue weighted by Crippen LogP contribution is -2.25. The molecule has 0 bridgehead atoms. The van der Waals surface area contributed by atoms with Gasteiger partial charge in [-0.1, -0.05) is 0 Å². The van der Waals surface area contributed by atoms with Gasteiger partial charge in [0.15, 0.2) is 0 Å². The molecular weight excluding hydrogens is 350 g/mol. The highest BCUT2D eigenvalue weighted by Crippen LogP contribution is 2.33. The Labute approximate surface area is 110 Å². The average Bonchev–Trinajstić information content (AvgIpc) is 2.25. The molecule has 0 atom stereocenters. The molecule has 0 fully saturated rings. The van der Waals surface area contributed by atoms with Crippen LogP contribution in [0, 0.1) is 3.57 Å². The molecule has 0 heterocycles. The lowest BCUT2D eigenvalue weighted by Gasteiger charge is -2.15. The van der Waals surface area contributed by atoms with Gasteiger partial charge in [0.25, 0.3) is 5.91 Å². The van der Waals surface area contributed by atoms with E-state index in [9.17, 15) is 18.0 Å². The first-order valence-corrected chi connectivity index (χ1v) is 5.54. The molecule has 0 spiro atoms. The summed E-state index contributed by atoms with van der Waals surface area (Å²) in [5, 5.41) is 0.943. The summed E-state index contributed by atoms with van der Waals surface area (Å²) in [5.41, 5.74) is -0.610. The van der Waals surface area contributed by atoms with Crippen molar-refractivity contribution in [2.75, 3.05) is 14.2 Å². The summed E-state index contributed by atoms with van der Waals surface area (Å²) >= 11 is 1.55. The first-order chi connectivity index (χ1) is 7.77. The molecule has 7 heteroatoms. The number of alkyl halides is 3. The molecule has 0 saturated carbocycles. The fourth-order valence-corrected chi connectivity index (χ4v) is 1.96. The van der Waals surface area contributed by atoms with Crippen LogP contribution >= 0.6 is 22.6 Å². The second-order valence-electron chi connectivity index (χ2n) is 3.18. The van der Waals surface area contributed by atoms with E-state index in [-0.39, 0.29) is 9.13 Å². The van der Waals surface area contributed by atoms with Gasteiger partial charge >= 0.3 is 6.18 Å². The summed E-state index contributed by atoms with van der Waals surface area (Å²) in [4.78, 5) is 16.3. The molecule has 0 saturated heterocycles. The number of hydrogen-bond acceptors (Lipinski definition) is 2. The van der Waals surface area contributed by atoms with E-state index in [1.165, 1.54) is 20.2 Å². The van der Waals surface area contributed by atoms with Gasteiger partial charge in [-0.2, -0.15) is 13.2 Å². The number of nitrogens with zero attached hydrogens (tertiary/aromatic N) is 1. The van der Waals surface area contributed by atoms with Crippen LogP contribution < -0.4 is 0 Å². The van der Waals surface area contributed by atoms with Crippen molar-refractivity contribution in [3.63, 3.8) is 0 Å². The van der Waals surface area contributed by atoms with Crippen molar-refractivity contribution in [1.29, 1.82) is 0 Å². The quantitative estimate of drug-likeness (QED) is 0.600. The predicted molar refractivity (Wildman–Crippen MR) is 63.3 cm³/mol. The van der Waals surface area contributed by atoms with E-state index in [0.717, 1.165) is 17.2 Å². The molecule has 17 heavy (non-hydrogen) atoms. The zero-order valence-electron chi connectivity index (χ0n) is 9.01. The molecule has 3 nitrogen and oxygen atoms in total. The molecule has 0 N–H and O–H groups in total. The topological polar surface area (TPSA) is 29.5 Å². The Morgan fingerprint density at radius 3 is 2.41 bits per heavy atom. The van der Waals surface area contributed by atoms with Crippen LogP contribution in [-0.2, 0) is 11.0 Å². The molecule has 0 aliphatic heterocycles. The summed E-state index contributed by atoms with van der Waals surface area (Å²) in [6.45, 7) is 0. The Morgan fingerprint density at radius 2 is 2.00 bits per heavy atom. The smallest absolute Gasteiger partial charge is 0.274 e. The van der Waals surface area contributed by atoms with Gasteiger partial charge < -0.3 is 0 Å². The Bertz CT molecular complexity index is 434. The van der Waals surface area contributed by atoms with Crippen molar-refractivity contribution < 1.29 is 22.8 Å². The summed E-state index contributed by atoms with van der Waals surface area (Å²) in [5.74, 6) is -0.501. The van der Waals surface area contributed by atoms with Gasteiger partial charge in [-0.15, -0.1) is 0 Å². The van der Waals surface area contributed by atoms with Gasteiger partial charge in [-0.25, -0.2) is 5.06 Å². The van der Waals surface area contributed by atoms with Crippen LogP contribution in [0.4, 0.5) is 13.2 Å². The number of benzene rings is 1. The minimum absolute atomic E-state index is 0.0227. The van der Waals surface area contributed by atoms with E-state index in [0.29, 0.717) is 0 Å². The highest BCUT2D eigenvalue weighted by Gasteiger charge is 2.33. The first kappa shape index (κ1) is 14.2. The zero-order valence-corrected chi connectivity index (χ0v) is 11.2. The van der Waals surface area contributed by atoms with Gasteiger partial charge in [0.05, 0.1) is 12.7 Å². The van der Waals surface area contributed by atoms with Crippen LogP contribution in [-0.4, -0.2) is 25.1 Å². The minimum Gasteiger partial charge on any atom is -0.274 e. The fourth-order valence-electron chi connectivity index (χ4n) is 1.14. The minimum atomic E-state index is -4.41. The third-order valence-electron chi connectivity index (χ3n) is 2.08. The molecule has 0 radical (unpaired) electrons. The monoisotopic (exact) mass is 359 g/mol. The molecule has 0 aliphatic carbocycles. The van der Waals surface area contributed by atoms with Crippen LogP contribution in [0.15, 0.2) is 18.2 Å². The number of carbonyl (C=O) groups is 1. The number of rotatable bonds is 2. The summed E-state index contributed by atoms with van der Waals surface area (Å²) in [6.07, 6.45) is -4.41. The number of carbonyl (C=O) groups excluding carboxylic acids is 1. The van der Waals surface area contributed by atoms with E-state index in [4.69, 9.17) is 0 Å². The summed E-state index contributed by atoms with van der Waals surface area (Å²) < 4.78 is 37.4. The van der Waals surface area contributed by atoms with E-state index in [1.807, 2.05) is 0 Å². The third kappa shape index (κ3) is 3.32. The van der Waals surface area contributed by atoms with Gasteiger partial charge in [0, 0.05) is 16.2 Å². The molecule has 1 rings (SSSR count). The van der Waals surface area contributed by atoms with Crippen LogP contribution in [0.3, 0.4) is 0 Å². The standard InChI is InChI=1S/C10H9F3INO2/c1-15(17-2)9(16)6-3-4-7(8(14)5-6)10(11,12)13/h3-5H,1-2H3. The summed E-state index contributed by atoms with van der Waals surface area (Å²) in [7, 11) is 2.68. The van der Waals surface area contributed by atoms with Crippen LogP contribution in [0.2, 0.25) is 0 Å². The van der Waals surface area contributed by atoms with E-state index >= 15 is 0 Å². The molecule has 0 aromatic heterocycles. The largest absolute Gasteiger partial charge is 0.417 e. The molecule has 0 unspecified atom stereocenters. The Balaban J connectivity index is 3.09. The van der Waals surface area contributed by atoms with Gasteiger partial charge in [-0.05, 0) is 40.8 Å². The number of hydroxylamine groups is 2. The van der Waals surface area contributed by atoms with Gasteiger partial charge in [0.1, 0.15) is 0 Å². The van der Waals surface area contributed by atoms with Crippen molar-refractivity contribution in [1.82, 2.24) is 5.06 Å².